The van der Waals surface area contributed by atoms with E-state index in [0.717, 1.165) is 10.9 Å². The average Bonchev–Trinajstić information content (AvgIpc) is 3.00. The normalized spacial score (nSPS) is 10.7. The molecule has 0 unspecified atom stereocenters. The largest absolute Gasteiger partial charge is 0.462 e. The van der Waals surface area contributed by atoms with Gasteiger partial charge in [0.05, 0.1) is 29.9 Å². The van der Waals surface area contributed by atoms with Gasteiger partial charge in [0.15, 0.2) is 0 Å². The first-order valence-electron chi connectivity index (χ1n) is 6.66. The van der Waals surface area contributed by atoms with E-state index < -0.39 is 0 Å². The van der Waals surface area contributed by atoms with E-state index in [1.54, 1.807) is 24.1 Å². The van der Waals surface area contributed by atoms with Crippen LogP contribution in [0.1, 0.15) is 23.0 Å². The van der Waals surface area contributed by atoms with Crippen LogP contribution in [0.5, 0.6) is 0 Å². The van der Waals surface area contributed by atoms with E-state index in [2.05, 4.69) is 15.2 Å². The fraction of sp³-hybridized carbons (Fsp3) is 0.200. The van der Waals surface area contributed by atoms with Crippen LogP contribution in [0.25, 0.3) is 10.9 Å². The summed E-state index contributed by atoms with van der Waals surface area (Å²) < 4.78 is 6.88. The van der Waals surface area contributed by atoms with Crippen molar-refractivity contribution < 1.29 is 9.53 Å². The molecule has 0 atom stereocenters. The number of nitrogens with zero attached hydrogens (tertiary/aromatic N) is 4. The van der Waals surface area contributed by atoms with Gasteiger partial charge in [0.25, 0.3) is 0 Å². The van der Waals surface area contributed by atoms with Crippen LogP contribution >= 0.6 is 0 Å². The minimum atomic E-state index is -0.362. The van der Waals surface area contributed by atoms with E-state index in [1.165, 1.54) is 0 Å². The van der Waals surface area contributed by atoms with E-state index in [1.807, 2.05) is 30.3 Å². The average molecular weight is 282 g/mol. The molecule has 106 valence electrons. The Kier molecular flexibility index (Phi) is 3.59. The smallest absolute Gasteiger partial charge is 0.340 e. The van der Waals surface area contributed by atoms with Crippen LogP contribution < -0.4 is 0 Å². The molecule has 3 rings (SSSR count). The van der Waals surface area contributed by atoms with Crippen molar-refractivity contribution in [3.05, 3.63) is 54.2 Å². The highest BCUT2D eigenvalue weighted by Crippen LogP contribution is 2.18. The highest BCUT2D eigenvalue weighted by Gasteiger charge is 2.15. The van der Waals surface area contributed by atoms with E-state index in [4.69, 9.17) is 4.74 Å². The molecule has 0 aliphatic rings. The van der Waals surface area contributed by atoms with Crippen LogP contribution in [0.15, 0.2) is 43.0 Å². The van der Waals surface area contributed by atoms with Crippen molar-refractivity contribution in [1.29, 1.82) is 0 Å². The molecule has 6 nitrogen and oxygen atoms in total. The number of hydrogen-bond donors (Lipinski definition) is 0. The molecule has 0 aliphatic heterocycles. The van der Waals surface area contributed by atoms with Gasteiger partial charge in [-0.25, -0.2) is 4.79 Å². The molecule has 0 N–H and O–H groups in total. The van der Waals surface area contributed by atoms with Crippen LogP contribution in [0.3, 0.4) is 0 Å². The number of carbonyl (C=O) groups is 1. The topological polar surface area (TPSA) is 69.9 Å². The molecule has 0 aliphatic carbocycles. The van der Waals surface area contributed by atoms with Gasteiger partial charge in [0, 0.05) is 5.39 Å². The first-order chi connectivity index (χ1) is 10.3. The molecule has 6 heteroatoms. The molecule has 1 aromatic carbocycles. The summed E-state index contributed by atoms with van der Waals surface area (Å²) in [6.45, 7) is 2.54. The number of hydrogen-bond acceptors (Lipinski definition) is 5. The second-order valence-corrected chi connectivity index (χ2v) is 4.53. The quantitative estimate of drug-likeness (QED) is 0.685. The van der Waals surface area contributed by atoms with Gasteiger partial charge in [-0.3, -0.25) is 4.98 Å². The maximum atomic E-state index is 12.1. The minimum Gasteiger partial charge on any atom is -0.462 e. The second kappa shape index (κ2) is 5.70. The van der Waals surface area contributed by atoms with Crippen LogP contribution in [0.4, 0.5) is 0 Å². The van der Waals surface area contributed by atoms with Crippen molar-refractivity contribution >= 4 is 16.9 Å². The molecule has 0 bridgehead atoms. The summed E-state index contributed by atoms with van der Waals surface area (Å²) in [5.74, 6) is -0.362. The molecule has 3 aromatic rings. The first-order valence-corrected chi connectivity index (χ1v) is 6.66. The van der Waals surface area contributed by atoms with Gasteiger partial charge in [-0.2, -0.15) is 0 Å². The lowest BCUT2D eigenvalue weighted by molar-refractivity contribution is 0.0524. The van der Waals surface area contributed by atoms with E-state index in [-0.39, 0.29) is 5.97 Å². The third kappa shape index (κ3) is 2.74. The third-order valence-corrected chi connectivity index (χ3v) is 3.10. The summed E-state index contributed by atoms with van der Waals surface area (Å²) in [7, 11) is 0. The van der Waals surface area contributed by atoms with Gasteiger partial charge in [0.2, 0.25) is 0 Å². The lowest BCUT2D eigenvalue weighted by Crippen LogP contribution is -2.12. The molecule has 2 aromatic heterocycles. The number of ether oxygens (including phenoxy) is 1. The predicted octanol–water partition coefficient (Wildman–Crippen LogP) is 2.05. The highest BCUT2D eigenvalue weighted by molar-refractivity contribution is 5.95. The first kappa shape index (κ1) is 13.2. The summed E-state index contributed by atoms with van der Waals surface area (Å²) >= 11 is 0. The van der Waals surface area contributed by atoms with E-state index >= 15 is 0 Å². The summed E-state index contributed by atoms with van der Waals surface area (Å²) in [6.07, 6.45) is 3.18. The van der Waals surface area contributed by atoms with Gasteiger partial charge in [-0.15, -0.1) is 10.2 Å². The van der Waals surface area contributed by atoms with Crippen LogP contribution in [0.2, 0.25) is 0 Å². The van der Waals surface area contributed by atoms with Crippen molar-refractivity contribution in [1.82, 2.24) is 19.7 Å². The summed E-state index contributed by atoms with van der Waals surface area (Å²) in [4.78, 5) is 16.7. The Balaban J connectivity index is 2.09. The number of aromatic nitrogens is 4. The molecule has 0 fully saturated rings. The van der Waals surface area contributed by atoms with Gasteiger partial charge < -0.3 is 9.30 Å². The zero-order chi connectivity index (χ0) is 14.7. The van der Waals surface area contributed by atoms with Gasteiger partial charge in [-0.1, -0.05) is 18.2 Å². The standard InChI is InChI=1S/C15H14N4O2/c1-2-21-15(20)12-7-11-5-3-4-6-13(11)18-14(12)8-19-9-16-17-10-19/h3-7,9-10H,2,8H2,1H3. The summed E-state index contributed by atoms with van der Waals surface area (Å²) in [6, 6.07) is 9.49. The zero-order valence-corrected chi connectivity index (χ0v) is 11.6. The van der Waals surface area contributed by atoms with Crippen LogP contribution in [0, 0.1) is 0 Å². The van der Waals surface area contributed by atoms with Crippen LogP contribution in [-0.4, -0.2) is 32.3 Å². The molecule has 0 radical (unpaired) electrons. The Hall–Kier alpha value is -2.76. The fourth-order valence-electron chi connectivity index (χ4n) is 2.14. The summed E-state index contributed by atoms with van der Waals surface area (Å²) in [5, 5.41) is 8.43. The third-order valence-electron chi connectivity index (χ3n) is 3.10. The molecular weight excluding hydrogens is 268 g/mol. The van der Waals surface area contributed by atoms with Crippen LogP contribution in [-0.2, 0) is 11.3 Å². The highest BCUT2D eigenvalue weighted by atomic mass is 16.5. The second-order valence-electron chi connectivity index (χ2n) is 4.53. The van der Waals surface area contributed by atoms with Crippen molar-refractivity contribution in [3.63, 3.8) is 0 Å². The van der Waals surface area contributed by atoms with Crippen molar-refractivity contribution in [2.45, 2.75) is 13.5 Å². The zero-order valence-electron chi connectivity index (χ0n) is 11.6. The number of fused-ring (bicyclic) bond motifs is 1. The number of carbonyl (C=O) groups excluding carboxylic acids is 1. The monoisotopic (exact) mass is 282 g/mol. The predicted molar refractivity (Wildman–Crippen MR) is 76.8 cm³/mol. The Labute approximate surface area is 121 Å². The maximum absolute atomic E-state index is 12.1. The van der Waals surface area contributed by atoms with E-state index in [0.29, 0.717) is 24.4 Å². The molecular formula is C15H14N4O2. The van der Waals surface area contributed by atoms with Gasteiger partial charge in [-0.05, 0) is 19.1 Å². The SMILES string of the molecule is CCOC(=O)c1cc2ccccc2nc1Cn1cnnc1. The number of rotatable bonds is 4. The Bertz CT molecular complexity index is 768. The van der Waals surface area contributed by atoms with E-state index in [9.17, 15) is 4.79 Å². The van der Waals surface area contributed by atoms with Crippen molar-refractivity contribution in [3.8, 4) is 0 Å². The Morgan fingerprint density at radius 1 is 1.24 bits per heavy atom. The number of benzene rings is 1. The summed E-state index contributed by atoms with van der Waals surface area (Å²) in [5.41, 5.74) is 1.96. The maximum Gasteiger partial charge on any atom is 0.340 e. The van der Waals surface area contributed by atoms with Crippen molar-refractivity contribution in [2.75, 3.05) is 6.61 Å². The number of para-hydroxylation sites is 1. The molecule has 0 amide bonds. The molecule has 0 saturated carbocycles. The molecule has 21 heavy (non-hydrogen) atoms. The van der Waals surface area contributed by atoms with Gasteiger partial charge in [0.1, 0.15) is 12.7 Å². The van der Waals surface area contributed by atoms with Gasteiger partial charge >= 0.3 is 5.97 Å². The lowest BCUT2D eigenvalue weighted by atomic mass is 10.1. The lowest BCUT2D eigenvalue weighted by Gasteiger charge is -2.10. The molecule has 0 spiro atoms. The Morgan fingerprint density at radius 2 is 2.00 bits per heavy atom. The molecule has 2 heterocycles. The fourth-order valence-corrected chi connectivity index (χ4v) is 2.14. The van der Waals surface area contributed by atoms with Crippen molar-refractivity contribution in [2.24, 2.45) is 0 Å². The number of esters is 1. The minimum absolute atomic E-state index is 0.331. The Morgan fingerprint density at radius 3 is 2.76 bits per heavy atom. The number of pyridine rings is 1. The molecule has 0 saturated heterocycles.